The van der Waals surface area contributed by atoms with Crippen molar-refractivity contribution in [2.75, 3.05) is 18.0 Å². The number of benzene rings is 1. The van der Waals surface area contributed by atoms with Gasteiger partial charge < -0.3 is 10.2 Å². The molecule has 0 aliphatic carbocycles. The van der Waals surface area contributed by atoms with Gasteiger partial charge in [-0.15, -0.1) is 0 Å². The molecule has 1 unspecified atom stereocenters. The molecule has 0 aromatic heterocycles. The van der Waals surface area contributed by atoms with Crippen LogP contribution in [-0.4, -0.2) is 30.1 Å². The Morgan fingerprint density at radius 2 is 2.24 bits per heavy atom. The van der Waals surface area contributed by atoms with Gasteiger partial charge in [0.05, 0.1) is 4.92 Å². The number of nitro benzene ring substituents is 1. The van der Waals surface area contributed by atoms with Crippen molar-refractivity contribution in [2.24, 2.45) is 0 Å². The molecule has 2 rings (SSSR count). The van der Waals surface area contributed by atoms with Crippen LogP contribution in [0.3, 0.4) is 0 Å². The number of nitrogens with zero attached hydrogens (tertiary/aromatic N) is 2. The van der Waals surface area contributed by atoms with Crippen molar-refractivity contribution in [1.82, 2.24) is 5.32 Å². The molecule has 0 radical (unpaired) electrons. The summed E-state index contributed by atoms with van der Waals surface area (Å²) >= 11 is 3.42. The van der Waals surface area contributed by atoms with Gasteiger partial charge in [0.15, 0.2) is 0 Å². The van der Waals surface area contributed by atoms with Crippen LogP contribution in [0.4, 0.5) is 11.4 Å². The lowest BCUT2D eigenvalue weighted by Crippen LogP contribution is -2.46. The minimum absolute atomic E-state index is 0.169. The first-order valence-electron chi connectivity index (χ1n) is 7.43. The maximum atomic E-state index is 11.3. The summed E-state index contributed by atoms with van der Waals surface area (Å²) in [5, 5.41) is 14.8. The second-order valence-electron chi connectivity index (χ2n) is 5.78. The third-order valence-electron chi connectivity index (χ3n) is 3.90. The molecule has 6 heteroatoms. The molecule has 0 spiro atoms. The van der Waals surface area contributed by atoms with Gasteiger partial charge in [0.2, 0.25) is 0 Å². The molecular formula is C15H22BrN3O2. The predicted octanol–water partition coefficient (Wildman–Crippen LogP) is 3.71. The van der Waals surface area contributed by atoms with Crippen LogP contribution in [0, 0.1) is 10.1 Å². The molecule has 1 saturated heterocycles. The monoisotopic (exact) mass is 355 g/mol. The lowest BCUT2D eigenvalue weighted by atomic mass is 10.0. The topological polar surface area (TPSA) is 58.4 Å². The highest BCUT2D eigenvalue weighted by Gasteiger charge is 2.25. The summed E-state index contributed by atoms with van der Waals surface area (Å²) in [6.07, 6.45) is 3.57. The molecule has 21 heavy (non-hydrogen) atoms. The summed E-state index contributed by atoms with van der Waals surface area (Å²) in [6.45, 7) is 5.99. The first kappa shape index (κ1) is 16.2. The normalized spacial score (nSPS) is 18.8. The zero-order valence-corrected chi connectivity index (χ0v) is 14.1. The van der Waals surface area contributed by atoms with Crippen molar-refractivity contribution < 1.29 is 4.92 Å². The highest BCUT2D eigenvalue weighted by atomic mass is 79.9. The van der Waals surface area contributed by atoms with E-state index in [0.717, 1.165) is 24.0 Å². The molecule has 1 aliphatic heterocycles. The summed E-state index contributed by atoms with van der Waals surface area (Å²) in [6, 6.07) is 5.75. The van der Waals surface area contributed by atoms with E-state index in [2.05, 4.69) is 40.0 Å². The van der Waals surface area contributed by atoms with Crippen LogP contribution < -0.4 is 10.2 Å². The molecule has 1 aromatic rings. The standard InChI is InChI=1S/C15H22BrN3O2/c1-11(2)18(10-13-5-3-4-8-17-13)15-9-12(16)6-7-14(15)19(20)21/h6-7,9,11,13,17H,3-5,8,10H2,1-2H3. The van der Waals surface area contributed by atoms with Gasteiger partial charge in [-0.2, -0.15) is 0 Å². The zero-order valence-electron chi connectivity index (χ0n) is 12.5. The number of anilines is 1. The first-order valence-corrected chi connectivity index (χ1v) is 8.22. The fourth-order valence-corrected chi connectivity index (χ4v) is 3.13. The van der Waals surface area contributed by atoms with E-state index in [9.17, 15) is 10.1 Å². The highest BCUT2D eigenvalue weighted by Crippen LogP contribution is 2.33. The smallest absolute Gasteiger partial charge is 0.292 e. The van der Waals surface area contributed by atoms with Gasteiger partial charge in [0.25, 0.3) is 5.69 Å². The summed E-state index contributed by atoms with van der Waals surface area (Å²) in [5.41, 5.74) is 0.861. The maximum Gasteiger partial charge on any atom is 0.292 e. The average Bonchev–Trinajstić information content (AvgIpc) is 2.45. The van der Waals surface area contributed by atoms with Gasteiger partial charge in [0, 0.05) is 29.2 Å². The molecule has 1 aromatic carbocycles. The molecule has 5 nitrogen and oxygen atoms in total. The second-order valence-corrected chi connectivity index (χ2v) is 6.70. The van der Waals surface area contributed by atoms with Gasteiger partial charge in [-0.1, -0.05) is 22.4 Å². The van der Waals surface area contributed by atoms with Crippen LogP contribution in [0.5, 0.6) is 0 Å². The van der Waals surface area contributed by atoms with E-state index in [1.165, 1.54) is 12.8 Å². The minimum Gasteiger partial charge on any atom is -0.362 e. The number of piperidine rings is 1. The number of nitro groups is 1. The van der Waals surface area contributed by atoms with Crippen LogP contribution in [0.25, 0.3) is 0 Å². The molecular weight excluding hydrogens is 334 g/mol. The van der Waals surface area contributed by atoms with Gasteiger partial charge in [0.1, 0.15) is 5.69 Å². The van der Waals surface area contributed by atoms with Crippen LogP contribution in [0.2, 0.25) is 0 Å². The number of halogens is 1. The minimum atomic E-state index is -0.300. The Morgan fingerprint density at radius 1 is 1.48 bits per heavy atom. The fourth-order valence-electron chi connectivity index (χ4n) is 2.79. The Kier molecular flexibility index (Phi) is 5.58. The van der Waals surface area contributed by atoms with Crippen LogP contribution in [0.15, 0.2) is 22.7 Å². The first-order chi connectivity index (χ1) is 9.99. The van der Waals surface area contributed by atoms with E-state index >= 15 is 0 Å². The Hall–Kier alpha value is -1.14. The number of hydrogen-bond donors (Lipinski definition) is 1. The number of hydrogen-bond acceptors (Lipinski definition) is 4. The van der Waals surface area contributed by atoms with Crippen molar-refractivity contribution in [3.8, 4) is 0 Å². The van der Waals surface area contributed by atoms with E-state index in [-0.39, 0.29) is 16.7 Å². The Balaban J connectivity index is 2.28. The van der Waals surface area contributed by atoms with Gasteiger partial charge in [-0.25, -0.2) is 0 Å². The van der Waals surface area contributed by atoms with Crippen molar-refractivity contribution in [3.63, 3.8) is 0 Å². The molecule has 1 fully saturated rings. The van der Waals surface area contributed by atoms with Gasteiger partial charge in [-0.05, 0) is 45.4 Å². The molecule has 0 amide bonds. The molecule has 1 aliphatic rings. The SMILES string of the molecule is CC(C)N(CC1CCCCN1)c1cc(Br)ccc1[N+](=O)[O-]. The van der Waals surface area contributed by atoms with Crippen LogP contribution in [0.1, 0.15) is 33.1 Å². The maximum absolute atomic E-state index is 11.3. The molecule has 0 saturated carbocycles. The van der Waals surface area contributed by atoms with Gasteiger partial charge >= 0.3 is 0 Å². The van der Waals surface area contributed by atoms with Crippen molar-refractivity contribution in [2.45, 2.75) is 45.2 Å². The quantitative estimate of drug-likeness (QED) is 0.645. The van der Waals surface area contributed by atoms with Crippen molar-refractivity contribution in [1.29, 1.82) is 0 Å². The number of rotatable bonds is 5. The van der Waals surface area contributed by atoms with Crippen LogP contribution >= 0.6 is 15.9 Å². The fraction of sp³-hybridized carbons (Fsp3) is 0.600. The molecule has 1 N–H and O–H groups in total. The van der Waals surface area contributed by atoms with E-state index in [1.54, 1.807) is 12.1 Å². The van der Waals surface area contributed by atoms with E-state index in [0.29, 0.717) is 11.7 Å². The van der Waals surface area contributed by atoms with Crippen LogP contribution in [-0.2, 0) is 0 Å². The average molecular weight is 356 g/mol. The summed E-state index contributed by atoms with van der Waals surface area (Å²) < 4.78 is 0.866. The van der Waals surface area contributed by atoms with E-state index in [1.807, 2.05) is 6.07 Å². The third kappa shape index (κ3) is 4.17. The molecule has 0 bridgehead atoms. The Bertz CT molecular complexity index is 502. The van der Waals surface area contributed by atoms with Gasteiger partial charge in [-0.3, -0.25) is 10.1 Å². The van der Waals surface area contributed by atoms with E-state index in [4.69, 9.17) is 0 Å². The second kappa shape index (κ2) is 7.22. The molecule has 116 valence electrons. The summed E-state index contributed by atoms with van der Waals surface area (Å²) in [7, 11) is 0. The van der Waals surface area contributed by atoms with E-state index < -0.39 is 0 Å². The lowest BCUT2D eigenvalue weighted by Gasteiger charge is -2.34. The summed E-state index contributed by atoms with van der Waals surface area (Å²) in [5.74, 6) is 0. The largest absolute Gasteiger partial charge is 0.362 e. The lowest BCUT2D eigenvalue weighted by molar-refractivity contribution is -0.384. The zero-order chi connectivity index (χ0) is 15.4. The molecule has 1 atom stereocenters. The Morgan fingerprint density at radius 3 is 2.81 bits per heavy atom. The third-order valence-corrected chi connectivity index (χ3v) is 4.39. The highest BCUT2D eigenvalue weighted by molar-refractivity contribution is 9.10. The van der Waals surface area contributed by atoms with Crippen molar-refractivity contribution >= 4 is 27.3 Å². The predicted molar refractivity (Wildman–Crippen MR) is 88.9 cm³/mol. The summed E-state index contributed by atoms with van der Waals surface area (Å²) in [4.78, 5) is 13.1. The van der Waals surface area contributed by atoms with Crippen molar-refractivity contribution in [3.05, 3.63) is 32.8 Å². The Labute approximate surface area is 134 Å². The molecule has 1 heterocycles. The number of nitrogens with one attached hydrogen (secondary N) is 1.